The molecule has 0 saturated carbocycles. The number of sulfonamides is 1. The molecule has 6 heteroatoms. The zero-order valence-corrected chi connectivity index (χ0v) is 12.1. The fourth-order valence-corrected chi connectivity index (χ4v) is 3.24. The second kappa shape index (κ2) is 7.21. The highest BCUT2D eigenvalue weighted by Crippen LogP contribution is 2.21. The number of hydrogen-bond donors (Lipinski definition) is 1. The second-order valence-electron chi connectivity index (χ2n) is 5.05. The SMILES string of the molecule is CCCNCC(=O)CC1CCCN(S(C)(=O)=O)C1. The van der Waals surface area contributed by atoms with Crippen LogP contribution in [0.5, 0.6) is 0 Å². The van der Waals surface area contributed by atoms with Crippen LogP contribution in [0, 0.1) is 5.92 Å². The van der Waals surface area contributed by atoms with E-state index >= 15 is 0 Å². The standard InChI is InChI=1S/C12H24N2O3S/c1-3-6-13-9-12(15)8-11-5-4-7-14(10-11)18(2,16)17/h11,13H,3-10H2,1-2H3. The van der Waals surface area contributed by atoms with Crippen LogP contribution in [0.4, 0.5) is 0 Å². The third-order valence-electron chi connectivity index (χ3n) is 3.22. The van der Waals surface area contributed by atoms with E-state index in [0.717, 1.165) is 25.8 Å². The third-order valence-corrected chi connectivity index (χ3v) is 4.49. The van der Waals surface area contributed by atoms with Gasteiger partial charge in [-0.2, -0.15) is 0 Å². The van der Waals surface area contributed by atoms with E-state index in [4.69, 9.17) is 0 Å². The van der Waals surface area contributed by atoms with E-state index in [2.05, 4.69) is 12.2 Å². The van der Waals surface area contributed by atoms with E-state index in [9.17, 15) is 13.2 Å². The summed E-state index contributed by atoms with van der Waals surface area (Å²) in [5.41, 5.74) is 0. The summed E-state index contributed by atoms with van der Waals surface area (Å²) in [5, 5.41) is 3.08. The molecular weight excluding hydrogens is 252 g/mol. The molecule has 0 spiro atoms. The van der Waals surface area contributed by atoms with Crippen LogP contribution in [-0.2, 0) is 14.8 Å². The molecule has 1 unspecified atom stereocenters. The van der Waals surface area contributed by atoms with Crippen LogP contribution in [0.15, 0.2) is 0 Å². The Labute approximate surface area is 110 Å². The molecule has 18 heavy (non-hydrogen) atoms. The van der Waals surface area contributed by atoms with E-state index < -0.39 is 10.0 Å². The van der Waals surface area contributed by atoms with Gasteiger partial charge < -0.3 is 5.32 Å². The average Bonchev–Trinajstić information content (AvgIpc) is 2.28. The Hall–Kier alpha value is -0.460. The number of carbonyl (C=O) groups is 1. The molecule has 1 fully saturated rings. The number of rotatable bonds is 7. The number of nitrogens with zero attached hydrogens (tertiary/aromatic N) is 1. The molecule has 0 aliphatic carbocycles. The Balaban J connectivity index is 2.36. The molecule has 0 aromatic rings. The van der Waals surface area contributed by atoms with Crippen molar-refractivity contribution in [1.82, 2.24) is 9.62 Å². The minimum atomic E-state index is -3.11. The minimum Gasteiger partial charge on any atom is -0.310 e. The molecule has 106 valence electrons. The lowest BCUT2D eigenvalue weighted by Crippen LogP contribution is -2.40. The predicted octanol–water partition coefficient (Wildman–Crippen LogP) is 0.617. The first-order valence-corrected chi connectivity index (χ1v) is 8.46. The molecule has 0 aromatic heterocycles. The number of hydrogen-bond acceptors (Lipinski definition) is 4. The van der Waals surface area contributed by atoms with Gasteiger partial charge in [0.2, 0.25) is 10.0 Å². The second-order valence-corrected chi connectivity index (χ2v) is 7.03. The van der Waals surface area contributed by atoms with Gasteiger partial charge in [-0.1, -0.05) is 6.92 Å². The Morgan fingerprint density at radius 3 is 2.78 bits per heavy atom. The van der Waals surface area contributed by atoms with Crippen molar-refractivity contribution in [2.24, 2.45) is 5.92 Å². The van der Waals surface area contributed by atoms with Gasteiger partial charge >= 0.3 is 0 Å². The molecular formula is C12H24N2O3S. The molecule has 1 aliphatic heterocycles. The molecule has 1 heterocycles. The van der Waals surface area contributed by atoms with Crippen molar-refractivity contribution < 1.29 is 13.2 Å². The predicted molar refractivity (Wildman–Crippen MR) is 71.9 cm³/mol. The normalized spacial score (nSPS) is 22.0. The van der Waals surface area contributed by atoms with Crippen molar-refractivity contribution in [3.63, 3.8) is 0 Å². The van der Waals surface area contributed by atoms with Gasteiger partial charge in [0.05, 0.1) is 12.8 Å². The molecule has 0 radical (unpaired) electrons. The molecule has 0 amide bonds. The number of nitrogens with one attached hydrogen (secondary N) is 1. The number of ketones is 1. The summed E-state index contributed by atoms with van der Waals surface area (Å²) in [6.07, 6.45) is 4.54. The van der Waals surface area contributed by atoms with Crippen LogP contribution >= 0.6 is 0 Å². The van der Waals surface area contributed by atoms with Crippen molar-refractivity contribution >= 4 is 15.8 Å². The van der Waals surface area contributed by atoms with Crippen molar-refractivity contribution in [3.05, 3.63) is 0 Å². The fraction of sp³-hybridized carbons (Fsp3) is 0.917. The molecule has 0 bridgehead atoms. The summed E-state index contributed by atoms with van der Waals surface area (Å²) in [7, 11) is -3.11. The largest absolute Gasteiger partial charge is 0.310 e. The topological polar surface area (TPSA) is 66.5 Å². The van der Waals surface area contributed by atoms with Crippen molar-refractivity contribution in [2.75, 3.05) is 32.4 Å². The van der Waals surface area contributed by atoms with E-state index in [-0.39, 0.29) is 11.7 Å². The maximum absolute atomic E-state index is 11.7. The van der Waals surface area contributed by atoms with Crippen molar-refractivity contribution in [2.45, 2.75) is 32.6 Å². The zero-order valence-electron chi connectivity index (χ0n) is 11.3. The molecule has 1 saturated heterocycles. The first-order chi connectivity index (χ1) is 8.43. The number of piperidine rings is 1. The first-order valence-electron chi connectivity index (χ1n) is 6.61. The monoisotopic (exact) mass is 276 g/mol. The lowest BCUT2D eigenvalue weighted by atomic mass is 9.94. The Kier molecular flexibility index (Phi) is 6.25. The van der Waals surface area contributed by atoms with Crippen LogP contribution in [0.2, 0.25) is 0 Å². The van der Waals surface area contributed by atoms with Crippen LogP contribution in [-0.4, -0.2) is 50.9 Å². The smallest absolute Gasteiger partial charge is 0.211 e. The highest BCUT2D eigenvalue weighted by molar-refractivity contribution is 7.88. The first kappa shape index (κ1) is 15.6. The van der Waals surface area contributed by atoms with E-state index in [1.807, 2.05) is 0 Å². The molecule has 1 atom stereocenters. The highest BCUT2D eigenvalue weighted by Gasteiger charge is 2.26. The van der Waals surface area contributed by atoms with Crippen molar-refractivity contribution in [3.8, 4) is 0 Å². The summed E-state index contributed by atoms with van der Waals surface area (Å²) < 4.78 is 24.4. The van der Waals surface area contributed by atoms with Gasteiger partial charge in [0.25, 0.3) is 0 Å². The Bertz CT molecular complexity index is 368. The summed E-state index contributed by atoms with van der Waals surface area (Å²) in [6, 6.07) is 0. The van der Waals surface area contributed by atoms with Crippen LogP contribution < -0.4 is 5.32 Å². The van der Waals surface area contributed by atoms with Gasteiger partial charge in [0, 0.05) is 19.5 Å². The Morgan fingerprint density at radius 1 is 1.44 bits per heavy atom. The third kappa shape index (κ3) is 5.46. The van der Waals surface area contributed by atoms with Crippen LogP contribution in [0.1, 0.15) is 32.6 Å². The van der Waals surface area contributed by atoms with Gasteiger partial charge in [0.15, 0.2) is 0 Å². The zero-order chi connectivity index (χ0) is 13.6. The summed E-state index contributed by atoms with van der Waals surface area (Å²) in [5.74, 6) is 0.369. The van der Waals surface area contributed by atoms with E-state index in [0.29, 0.717) is 26.1 Å². The number of carbonyl (C=O) groups excluding carboxylic acids is 1. The van der Waals surface area contributed by atoms with Gasteiger partial charge in [-0.15, -0.1) is 0 Å². The van der Waals surface area contributed by atoms with Gasteiger partial charge in [-0.3, -0.25) is 4.79 Å². The van der Waals surface area contributed by atoms with E-state index in [1.165, 1.54) is 10.6 Å². The molecule has 1 rings (SSSR count). The number of Topliss-reactive ketones (excluding diaryl/α,β-unsaturated/α-hetero) is 1. The lowest BCUT2D eigenvalue weighted by molar-refractivity contribution is -0.119. The van der Waals surface area contributed by atoms with Crippen LogP contribution in [0.3, 0.4) is 0 Å². The summed E-state index contributed by atoms with van der Waals surface area (Å²) in [4.78, 5) is 11.7. The van der Waals surface area contributed by atoms with Crippen molar-refractivity contribution in [1.29, 1.82) is 0 Å². The molecule has 1 N–H and O–H groups in total. The average molecular weight is 276 g/mol. The lowest BCUT2D eigenvalue weighted by Gasteiger charge is -2.30. The molecule has 5 nitrogen and oxygen atoms in total. The van der Waals surface area contributed by atoms with Gasteiger partial charge in [-0.05, 0) is 31.7 Å². The fourth-order valence-electron chi connectivity index (χ4n) is 2.29. The molecule has 1 aliphatic rings. The summed E-state index contributed by atoms with van der Waals surface area (Å²) in [6.45, 7) is 4.41. The van der Waals surface area contributed by atoms with Gasteiger partial charge in [0.1, 0.15) is 5.78 Å². The summed E-state index contributed by atoms with van der Waals surface area (Å²) >= 11 is 0. The highest BCUT2D eigenvalue weighted by atomic mass is 32.2. The Morgan fingerprint density at radius 2 is 2.17 bits per heavy atom. The van der Waals surface area contributed by atoms with E-state index in [1.54, 1.807) is 0 Å². The van der Waals surface area contributed by atoms with Crippen LogP contribution in [0.25, 0.3) is 0 Å². The molecule has 0 aromatic carbocycles. The maximum atomic E-state index is 11.7. The maximum Gasteiger partial charge on any atom is 0.211 e. The quantitative estimate of drug-likeness (QED) is 0.692. The minimum absolute atomic E-state index is 0.184. The van der Waals surface area contributed by atoms with Gasteiger partial charge in [-0.25, -0.2) is 12.7 Å².